The van der Waals surface area contributed by atoms with Crippen molar-refractivity contribution in [3.8, 4) is 0 Å². The highest BCUT2D eigenvalue weighted by Crippen LogP contribution is 2.34. The highest BCUT2D eigenvalue weighted by molar-refractivity contribution is 5.88. The number of carbonyl (C=O) groups excluding carboxylic acids is 1. The van der Waals surface area contributed by atoms with Gasteiger partial charge in [-0.3, -0.25) is 9.69 Å². The van der Waals surface area contributed by atoms with E-state index in [1.165, 1.54) is 6.92 Å². The number of nitrogens with one attached hydrogen (secondary N) is 2. The molecule has 0 saturated carbocycles. The first kappa shape index (κ1) is 16.8. The Hall–Kier alpha value is -1.60. The average molecular weight is 315 g/mol. The van der Waals surface area contributed by atoms with Gasteiger partial charge in [0, 0.05) is 44.8 Å². The first-order chi connectivity index (χ1) is 10.3. The van der Waals surface area contributed by atoms with Gasteiger partial charge in [-0.2, -0.15) is 13.2 Å². The summed E-state index contributed by atoms with van der Waals surface area (Å²) in [6.45, 7) is 3.96. The van der Waals surface area contributed by atoms with Gasteiger partial charge in [0.15, 0.2) is 0 Å². The fourth-order valence-electron chi connectivity index (χ4n) is 2.66. The van der Waals surface area contributed by atoms with Crippen molar-refractivity contribution in [2.45, 2.75) is 25.6 Å². The molecule has 1 aliphatic rings. The summed E-state index contributed by atoms with van der Waals surface area (Å²) in [7, 11) is 0. The summed E-state index contributed by atoms with van der Waals surface area (Å²) in [6.07, 6.45) is -5.08. The first-order valence-electron chi connectivity index (χ1n) is 7.24. The van der Waals surface area contributed by atoms with Crippen molar-refractivity contribution >= 4 is 11.6 Å². The smallest absolute Gasteiger partial charge is 0.326 e. The Kier molecular flexibility index (Phi) is 5.42. The molecule has 1 fully saturated rings. The maximum absolute atomic E-state index is 12.9. The number of nitrogens with zero attached hydrogens (tertiary/aromatic N) is 1. The Labute approximate surface area is 127 Å². The lowest BCUT2D eigenvalue weighted by Crippen LogP contribution is -2.46. The second kappa shape index (κ2) is 7.11. The van der Waals surface area contributed by atoms with E-state index >= 15 is 0 Å². The lowest BCUT2D eigenvalue weighted by molar-refractivity contribution is -0.148. The van der Waals surface area contributed by atoms with Gasteiger partial charge >= 0.3 is 6.18 Å². The molecule has 1 atom stereocenters. The fraction of sp³-hybridized carbons (Fsp3) is 0.533. The predicted octanol–water partition coefficient (Wildman–Crippen LogP) is 2.54. The normalized spacial score (nSPS) is 18.0. The third-order valence-corrected chi connectivity index (χ3v) is 3.63. The first-order valence-corrected chi connectivity index (χ1v) is 7.24. The van der Waals surface area contributed by atoms with Gasteiger partial charge in [-0.25, -0.2) is 0 Å². The molecule has 0 radical (unpaired) electrons. The van der Waals surface area contributed by atoms with Crippen LogP contribution in [0.15, 0.2) is 24.3 Å². The standard InChI is InChI=1S/C15H20F3N3O/c1-11(22)20-13-4-2-12(3-5-13)14(10-15(16,17)18)21-8-6-19-7-9-21/h2-5,14,19H,6-10H2,1H3,(H,20,22)/t14-/m1/s1. The number of benzene rings is 1. The van der Waals surface area contributed by atoms with Gasteiger partial charge in [0.25, 0.3) is 0 Å². The zero-order valence-corrected chi connectivity index (χ0v) is 12.4. The van der Waals surface area contributed by atoms with Crippen LogP contribution in [-0.4, -0.2) is 43.2 Å². The molecule has 7 heteroatoms. The largest absolute Gasteiger partial charge is 0.390 e. The highest BCUT2D eigenvalue weighted by atomic mass is 19.4. The van der Waals surface area contributed by atoms with Crippen LogP contribution in [0.4, 0.5) is 18.9 Å². The van der Waals surface area contributed by atoms with Crippen molar-refractivity contribution in [2.24, 2.45) is 0 Å². The SMILES string of the molecule is CC(=O)Nc1ccc([C@@H](CC(F)(F)F)N2CCNCC2)cc1. The maximum atomic E-state index is 12.9. The van der Waals surface area contributed by atoms with E-state index in [4.69, 9.17) is 0 Å². The highest BCUT2D eigenvalue weighted by Gasteiger charge is 2.35. The molecule has 0 aliphatic carbocycles. The summed E-state index contributed by atoms with van der Waals surface area (Å²) in [5.74, 6) is -0.207. The Morgan fingerprint density at radius 1 is 1.27 bits per heavy atom. The molecule has 2 rings (SSSR count). The van der Waals surface area contributed by atoms with Crippen molar-refractivity contribution in [3.05, 3.63) is 29.8 Å². The number of piperazine rings is 1. The van der Waals surface area contributed by atoms with Crippen molar-refractivity contribution < 1.29 is 18.0 Å². The quantitative estimate of drug-likeness (QED) is 0.897. The van der Waals surface area contributed by atoms with Crippen LogP contribution < -0.4 is 10.6 Å². The van der Waals surface area contributed by atoms with Crippen molar-refractivity contribution in [2.75, 3.05) is 31.5 Å². The van der Waals surface area contributed by atoms with Crippen LogP contribution in [0, 0.1) is 0 Å². The van der Waals surface area contributed by atoms with Crippen LogP contribution in [0.5, 0.6) is 0 Å². The summed E-state index contributed by atoms with van der Waals surface area (Å²) in [5.41, 5.74) is 1.20. The van der Waals surface area contributed by atoms with Gasteiger partial charge in [0.1, 0.15) is 0 Å². The van der Waals surface area contributed by atoms with E-state index in [-0.39, 0.29) is 5.91 Å². The third-order valence-electron chi connectivity index (χ3n) is 3.63. The monoisotopic (exact) mass is 315 g/mol. The summed E-state index contributed by atoms with van der Waals surface area (Å²) >= 11 is 0. The molecule has 1 amide bonds. The predicted molar refractivity (Wildman–Crippen MR) is 78.6 cm³/mol. The number of alkyl halides is 3. The summed E-state index contributed by atoms with van der Waals surface area (Å²) in [6, 6.07) is 5.91. The number of anilines is 1. The molecule has 0 spiro atoms. The second-order valence-corrected chi connectivity index (χ2v) is 5.42. The topological polar surface area (TPSA) is 44.4 Å². The van der Waals surface area contributed by atoms with Crippen LogP contribution in [0.1, 0.15) is 24.9 Å². The van der Waals surface area contributed by atoms with Gasteiger partial charge in [0.05, 0.1) is 6.42 Å². The van der Waals surface area contributed by atoms with Crippen LogP contribution >= 0.6 is 0 Å². The van der Waals surface area contributed by atoms with Crippen LogP contribution in [0.25, 0.3) is 0 Å². The van der Waals surface area contributed by atoms with E-state index < -0.39 is 18.6 Å². The Balaban J connectivity index is 2.17. The van der Waals surface area contributed by atoms with E-state index in [9.17, 15) is 18.0 Å². The van der Waals surface area contributed by atoms with E-state index in [1.807, 2.05) is 4.90 Å². The number of hydrogen-bond donors (Lipinski definition) is 2. The summed E-state index contributed by atoms with van der Waals surface area (Å²) < 4.78 is 38.7. The second-order valence-electron chi connectivity index (χ2n) is 5.42. The van der Waals surface area contributed by atoms with Crippen molar-refractivity contribution in [3.63, 3.8) is 0 Å². The van der Waals surface area contributed by atoms with E-state index in [0.717, 1.165) is 0 Å². The lowest BCUT2D eigenvalue weighted by atomic mass is 10.0. The number of carbonyl (C=O) groups is 1. The molecule has 0 bridgehead atoms. The molecule has 4 nitrogen and oxygen atoms in total. The minimum absolute atomic E-state index is 0.207. The molecule has 1 heterocycles. The Bertz CT molecular complexity index is 496. The van der Waals surface area contributed by atoms with E-state index in [0.29, 0.717) is 37.4 Å². The number of rotatable bonds is 4. The average Bonchev–Trinajstić information content (AvgIpc) is 2.45. The zero-order valence-electron chi connectivity index (χ0n) is 12.4. The van der Waals surface area contributed by atoms with E-state index in [2.05, 4.69) is 10.6 Å². The molecule has 0 aromatic heterocycles. The third kappa shape index (κ3) is 4.99. The Morgan fingerprint density at radius 2 is 1.86 bits per heavy atom. The van der Waals surface area contributed by atoms with Gasteiger partial charge in [-0.05, 0) is 17.7 Å². The zero-order chi connectivity index (χ0) is 16.2. The minimum Gasteiger partial charge on any atom is -0.326 e. The fourth-order valence-corrected chi connectivity index (χ4v) is 2.66. The van der Waals surface area contributed by atoms with Crippen molar-refractivity contribution in [1.82, 2.24) is 10.2 Å². The molecule has 0 unspecified atom stereocenters. The summed E-state index contributed by atoms with van der Waals surface area (Å²) in [5, 5.41) is 5.76. The number of amides is 1. The van der Waals surface area contributed by atoms with E-state index in [1.54, 1.807) is 24.3 Å². The number of halogens is 3. The van der Waals surface area contributed by atoms with Gasteiger partial charge in [-0.15, -0.1) is 0 Å². The Morgan fingerprint density at radius 3 is 2.36 bits per heavy atom. The minimum atomic E-state index is -4.22. The van der Waals surface area contributed by atoms with Gasteiger partial charge in [0.2, 0.25) is 5.91 Å². The van der Waals surface area contributed by atoms with Crippen LogP contribution in [-0.2, 0) is 4.79 Å². The maximum Gasteiger partial charge on any atom is 0.390 e. The molecular formula is C15H20F3N3O. The lowest BCUT2D eigenvalue weighted by Gasteiger charge is -2.35. The molecule has 22 heavy (non-hydrogen) atoms. The van der Waals surface area contributed by atoms with Crippen LogP contribution in [0.2, 0.25) is 0 Å². The molecular weight excluding hydrogens is 295 g/mol. The van der Waals surface area contributed by atoms with Gasteiger partial charge < -0.3 is 10.6 Å². The van der Waals surface area contributed by atoms with Crippen molar-refractivity contribution in [1.29, 1.82) is 0 Å². The molecule has 1 aromatic rings. The van der Waals surface area contributed by atoms with Gasteiger partial charge in [-0.1, -0.05) is 12.1 Å². The molecule has 1 aliphatic heterocycles. The van der Waals surface area contributed by atoms with Crippen LogP contribution in [0.3, 0.4) is 0 Å². The molecule has 1 aromatic carbocycles. The number of hydrogen-bond acceptors (Lipinski definition) is 3. The molecule has 122 valence electrons. The molecule has 1 saturated heterocycles. The summed E-state index contributed by atoms with van der Waals surface area (Å²) in [4.78, 5) is 12.9. The molecule has 2 N–H and O–H groups in total.